The standard InChI is InChI=1S/C12H16FNO/c1-3-11(13)8-15-9-14-12-7-5-4-6-10(12)2/h3-7,14H,8-9H2,1-2H3/b11-3+. The third-order valence-corrected chi connectivity index (χ3v) is 2.06. The van der Waals surface area contributed by atoms with Gasteiger partial charge in [0.15, 0.2) is 0 Å². The monoisotopic (exact) mass is 209 g/mol. The number of benzene rings is 1. The van der Waals surface area contributed by atoms with Gasteiger partial charge in [0.2, 0.25) is 0 Å². The van der Waals surface area contributed by atoms with E-state index in [1.54, 1.807) is 6.92 Å². The van der Waals surface area contributed by atoms with E-state index in [0.29, 0.717) is 6.73 Å². The van der Waals surface area contributed by atoms with E-state index in [1.807, 2.05) is 31.2 Å². The number of hydrogen-bond donors (Lipinski definition) is 1. The topological polar surface area (TPSA) is 21.3 Å². The molecule has 0 radical (unpaired) electrons. The van der Waals surface area contributed by atoms with Gasteiger partial charge in [-0.2, -0.15) is 0 Å². The molecule has 1 N–H and O–H groups in total. The molecular formula is C12H16FNO. The lowest BCUT2D eigenvalue weighted by Gasteiger charge is -2.09. The maximum absolute atomic E-state index is 12.6. The second kappa shape index (κ2) is 6.19. The highest BCUT2D eigenvalue weighted by Crippen LogP contribution is 2.12. The molecule has 3 heteroatoms. The van der Waals surface area contributed by atoms with Gasteiger partial charge in [-0.15, -0.1) is 0 Å². The van der Waals surface area contributed by atoms with Crippen LogP contribution in [0.2, 0.25) is 0 Å². The van der Waals surface area contributed by atoms with Crippen LogP contribution >= 0.6 is 0 Å². The molecule has 0 fully saturated rings. The Labute approximate surface area is 89.8 Å². The van der Waals surface area contributed by atoms with Gasteiger partial charge in [0.1, 0.15) is 19.2 Å². The second-order valence-electron chi connectivity index (χ2n) is 3.22. The third kappa shape index (κ3) is 4.13. The molecule has 0 bridgehead atoms. The first-order valence-corrected chi connectivity index (χ1v) is 4.92. The summed E-state index contributed by atoms with van der Waals surface area (Å²) in [5, 5.41) is 3.08. The molecule has 0 aliphatic rings. The Morgan fingerprint density at radius 3 is 2.87 bits per heavy atom. The summed E-state index contributed by atoms with van der Waals surface area (Å²) < 4.78 is 17.7. The maximum atomic E-state index is 12.6. The van der Waals surface area contributed by atoms with Crippen LogP contribution in [0.3, 0.4) is 0 Å². The Balaban J connectivity index is 2.29. The van der Waals surface area contributed by atoms with Gasteiger partial charge in [0.05, 0.1) is 0 Å². The van der Waals surface area contributed by atoms with Crippen LogP contribution in [0.5, 0.6) is 0 Å². The molecule has 1 aromatic carbocycles. The van der Waals surface area contributed by atoms with Crippen LogP contribution in [0.4, 0.5) is 10.1 Å². The first kappa shape index (κ1) is 11.7. The van der Waals surface area contributed by atoms with E-state index in [9.17, 15) is 4.39 Å². The quantitative estimate of drug-likeness (QED) is 0.593. The largest absolute Gasteiger partial charge is 0.362 e. The Hall–Kier alpha value is -1.35. The fraction of sp³-hybridized carbons (Fsp3) is 0.333. The van der Waals surface area contributed by atoms with E-state index < -0.39 is 0 Å². The number of halogens is 1. The van der Waals surface area contributed by atoms with E-state index in [-0.39, 0.29) is 12.4 Å². The molecule has 0 spiro atoms. The molecule has 0 saturated heterocycles. The molecule has 82 valence electrons. The number of para-hydroxylation sites is 1. The lowest BCUT2D eigenvalue weighted by atomic mass is 10.2. The van der Waals surface area contributed by atoms with Crippen LogP contribution in [0.25, 0.3) is 0 Å². The van der Waals surface area contributed by atoms with Gasteiger partial charge in [-0.3, -0.25) is 0 Å². The predicted octanol–water partition coefficient (Wildman–Crippen LogP) is 3.25. The number of nitrogens with one attached hydrogen (secondary N) is 1. The second-order valence-corrected chi connectivity index (χ2v) is 3.22. The summed E-state index contributed by atoms with van der Waals surface area (Å²) >= 11 is 0. The van der Waals surface area contributed by atoms with Gasteiger partial charge in [-0.25, -0.2) is 4.39 Å². The summed E-state index contributed by atoms with van der Waals surface area (Å²) in [5.41, 5.74) is 2.16. The van der Waals surface area contributed by atoms with E-state index in [4.69, 9.17) is 4.74 Å². The van der Waals surface area contributed by atoms with E-state index in [2.05, 4.69) is 5.32 Å². The number of ether oxygens (including phenoxy) is 1. The van der Waals surface area contributed by atoms with E-state index in [0.717, 1.165) is 11.3 Å². The third-order valence-electron chi connectivity index (χ3n) is 2.06. The van der Waals surface area contributed by atoms with Crippen molar-refractivity contribution in [2.75, 3.05) is 18.7 Å². The molecule has 1 rings (SSSR count). The molecule has 0 atom stereocenters. The van der Waals surface area contributed by atoms with Crippen LogP contribution in [0, 0.1) is 6.92 Å². The van der Waals surface area contributed by atoms with Crippen molar-refractivity contribution in [1.82, 2.24) is 0 Å². The molecule has 0 unspecified atom stereocenters. The number of hydrogen-bond acceptors (Lipinski definition) is 2. The summed E-state index contributed by atoms with van der Waals surface area (Å²) in [4.78, 5) is 0. The van der Waals surface area contributed by atoms with E-state index >= 15 is 0 Å². The van der Waals surface area contributed by atoms with Crippen molar-refractivity contribution in [3.8, 4) is 0 Å². The summed E-state index contributed by atoms with van der Waals surface area (Å²) in [6.07, 6.45) is 1.40. The maximum Gasteiger partial charge on any atom is 0.121 e. The zero-order chi connectivity index (χ0) is 11.1. The van der Waals surface area contributed by atoms with Gasteiger partial charge in [-0.05, 0) is 25.5 Å². The van der Waals surface area contributed by atoms with Crippen molar-refractivity contribution in [3.63, 3.8) is 0 Å². The Bertz CT molecular complexity index is 336. The molecule has 0 aliphatic heterocycles. The summed E-state index contributed by atoms with van der Waals surface area (Å²) in [5.74, 6) is -0.249. The fourth-order valence-corrected chi connectivity index (χ4v) is 1.13. The van der Waals surface area contributed by atoms with Gasteiger partial charge in [-0.1, -0.05) is 24.3 Å². The molecule has 15 heavy (non-hydrogen) atoms. The molecule has 0 saturated carbocycles. The molecule has 0 aliphatic carbocycles. The SMILES string of the molecule is C/C=C(/F)COCNc1ccccc1C. The first-order chi connectivity index (χ1) is 7.24. The van der Waals surface area contributed by atoms with Gasteiger partial charge >= 0.3 is 0 Å². The minimum Gasteiger partial charge on any atom is -0.362 e. The minimum atomic E-state index is -0.249. The normalized spacial score (nSPS) is 11.5. The molecule has 0 heterocycles. The number of anilines is 1. The smallest absolute Gasteiger partial charge is 0.121 e. The fourth-order valence-electron chi connectivity index (χ4n) is 1.13. The van der Waals surface area contributed by atoms with Crippen LogP contribution in [0.15, 0.2) is 36.2 Å². The summed E-state index contributed by atoms with van der Waals surface area (Å²) in [7, 11) is 0. The van der Waals surface area contributed by atoms with Crippen LogP contribution in [-0.2, 0) is 4.74 Å². The summed E-state index contributed by atoms with van der Waals surface area (Å²) in [6.45, 7) is 3.99. The van der Waals surface area contributed by atoms with Crippen molar-refractivity contribution in [2.45, 2.75) is 13.8 Å². The summed E-state index contributed by atoms with van der Waals surface area (Å²) in [6, 6.07) is 7.89. The molecule has 2 nitrogen and oxygen atoms in total. The van der Waals surface area contributed by atoms with Gasteiger partial charge < -0.3 is 10.1 Å². The highest BCUT2D eigenvalue weighted by molar-refractivity contribution is 5.49. The Morgan fingerprint density at radius 2 is 2.20 bits per heavy atom. The lowest BCUT2D eigenvalue weighted by molar-refractivity contribution is 0.160. The molecule has 0 amide bonds. The Kier molecular flexibility index (Phi) is 4.84. The zero-order valence-corrected chi connectivity index (χ0v) is 9.09. The number of aryl methyl sites for hydroxylation is 1. The number of allylic oxidation sites excluding steroid dienone is 1. The van der Waals surface area contributed by atoms with Crippen molar-refractivity contribution < 1.29 is 9.13 Å². The first-order valence-electron chi connectivity index (χ1n) is 4.92. The zero-order valence-electron chi connectivity index (χ0n) is 9.09. The van der Waals surface area contributed by atoms with Gasteiger partial charge in [0.25, 0.3) is 0 Å². The van der Waals surface area contributed by atoms with Crippen LogP contribution in [0.1, 0.15) is 12.5 Å². The lowest BCUT2D eigenvalue weighted by Crippen LogP contribution is -2.08. The molecule has 1 aromatic rings. The van der Waals surface area contributed by atoms with Gasteiger partial charge in [0, 0.05) is 5.69 Å². The molecule has 0 aromatic heterocycles. The molecular weight excluding hydrogens is 193 g/mol. The number of rotatable bonds is 5. The van der Waals surface area contributed by atoms with Crippen LogP contribution in [-0.4, -0.2) is 13.3 Å². The predicted molar refractivity (Wildman–Crippen MR) is 60.5 cm³/mol. The Morgan fingerprint density at radius 1 is 1.47 bits per heavy atom. The van der Waals surface area contributed by atoms with Crippen molar-refractivity contribution in [1.29, 1.82) is 0 Å². The van der Waals surface area contributed by atoms with Crippen LogP contribution < -0.4 is 5.32 Å². The highest BCUT2D eigenvalue weighted by Gasteiger charge is 1.96. The average molecular weight is 209 g/mol. The van der Waals surface area contributed by atoms with Crippen molar-refractivity contribution >= 4 is 5.69 Å². The van der Waals surface area contributed by atoms with E-state index in [1.165, 1.54) is 6.08 Å². The highest BCUT2D eigenvalue weighted by atomic mass is 19.1. The van der Waals surface area contributed by atoms with Crippen molar-refractivity contribution in [3.05, 3.63) is 41.7 Å². The minimum absolute atomic E-state index is 0.0232. The van der Waals surface area contributed by atoms with Crippen molar-refractivity contribution in [2.24, 2.45) is 0 Å². The average Bonchev–Trinajstić information content (AvgIpc) is 2.26.